The Bertz CT molecular complexity index is 486. The molecule has 1 aliphatic rings. The molecule has 1 aliphatic carbocycles. The van der Waals surface area contributed by atoms with Crippen molar-refractivity contribution in [2.75, 3.05) is 0 Å². The molecule has 0 saturated heterocycles. The van der Waals surface area contributed by atoms with Crippen molar-refractivity contribution in [3.8, 4) is 0 Å². The van der Waals surface area contributed by atoms with Gasteiger partial charge in [-0.15, -0.1) is 0 Å². The largest absolute Gasteiger partial charge is 0.273 e. The van der Waals surface area contributed by atoms with Crippen LogP contribution in [0.3, 0.4) is 0 Å². The third kappa shape index (κ3) is 4.10. The summed E-state index contributed by atoms with van der Waals surface area (Å²) in [5.74, 6) is 6.83. The van der Waals surface area contributed by atoms with Crippen molar-refractivity contribution in [2.45, 2.75) is 71.8 Å². The fraction of sp³-hybridized carbons (Fsp3) is 0.632. The number of hydrazine groups is 1. The van der Waals surface area contributed by atoms with E-state index in [9.17, 15) is 4.79 Å². The molecular formula is C19H30N2O. The Hall–Kier alpha value is -1.35. The molecular weight excluding hydrogens is 272 g/mol. The van der Waals surface area contributed by atoms with Crippen molar-refractivity contribution in [3.63, 3.8) is 0 Å². The molecule has 0 bridgehead atoms. The third-order valence-electron chi connectivity index (χ3n) is 4.84. The number of nitrogens with two attached hydrogens (primary N) is 1. The molecule has 1 fully saturated rings. The highest BCUT2D eigenvalue weighted by molar-refractivity contribution is 5.94. The summed E-state index contributed by atoms with van der Waals surface area (Å²) in [6.07, 6.45) is 8.35. The van der Waals surface area contributed by atoms with E-state index in [0.717, 1.165) is 29.5 Å². The van der Waals surface area contributed by atoms with Crippen LogP contribution < -0.4 is 5.84 Å². The van der Waals surface area contributed by atoms with Gasteiger partial charge in [0, 0.05) is 5.56 Å². The molecule has 122 valence electrons. The van der Waals surface area contributed by atoms with Gasteiger partial charge in [-0.2, -0.15) is 0 Å². The molecule has 1 aromatic rings. The lowest BCUT2D eigenvalue weighted by Gasteiger charge is -2.36. The van der Waals surface area contributed by atoms with Gasteiger partial charge in [-0.1, -0.05) is 49.8 Å². The van der Waals surface area contributed by atoms with Crippen LogP contribution in [0.2, 0.25) is 0 Å². The highest BCUT2D eigenvalue weighted by Gasteiger charge is 2.30. The highest BCUT2D eigenvalue weighted by atomic mass is 16.2. The summed E-state index contributed by atoms with van der Waals surface area (Å²) in [5, 5.41) is 1.54. The molecule has 0 heterocycles. The SMILES string of the molecule is CCCC(C1CCCCC1)N(N)C(=O)c1cc(C)cc(C)c1. The van der Waals surface area contributed by atoms with Crippen LogP contribution in [0.5, 0.6) is 0 Å². The number of amides is 1. The van der Waals surface area contributed by atoms with Crippen molar-refractivity contribution in [1.82, 2.24) is 5.01 Å². The first kappa shape index (κ1) is 17.0. The van der Waals surface area contributed by atoms with Crippen LogP contribution in [-0.2, 0) is 0 Å². The smallest absolute Gasteiger partial charge is 0.268 e. The number of rotatable bonds is 5. The topological polar surface area (TPSA) is 46.3 Å². The Balaban J connectivity index is 2.17. The Morgan fingerprint density at radius 1 is 1.18 bits per heavy atom. The van der Waals surface area contributed by atoms with Crippen LogP contribution in [0.1, 0.15) is 73.4 Å². The van der Waals surface area contributed by atoms with Crippen molar-refractivity contribution < 1.29 is 4.79 Å². The molecule has 1 aromatic carbocycles. The Kier molecular flexibility index (Phi) is 6.01. The molecule has 0 radical (unpaired) electrons. The van der Waals surface area contributed by atoms with E-state index in [-0.39, 0.29) is 11.9 Å². The number of hydrogen-bond donors (Lipinski definition) is 1. The maximum absolute atomic E-state index is 12.8. The van der Waals surface area contributed by atoms with Crippen LogP contribution >= 0.6 is 0 Å². The average molecular weight is 302 g/mol. The molecule has 1 atom stereocenters. The third-order valence-corrected chi connectivity index (χ3v) is 4.84. The van der Waals surface area contributed by atoms with E-state index < -0.39 is 0 Å². The number of aryl methyl sites for hydroxylation is 2. The second-order valence-electron chi connectivity index (χ2n) is 6.84. The number of benzene rings is 1. The fourth-order valence-electron chi connectivity index (χ4n) is 3.81. The van der Waals surface area contributed by atoms with Gasteiger partial charge in [-0.3, -0.25) is 9.80 Å². The van der Waals surface area contributed by atoms with Gasteiger partial charge in [0.1, 0.15) is 0 Å². The van der Waals surface area contributed by atoms with Crippen LogP contribution in [0, 0.1) is 19.8 Å². The van der Waals surface area contributed by atoms with Gasteiger partial charge in [0.25, 0.3) is 5.91 Å². The van der Waals surface area contributed by atoms with E-state index >= 15 is 0 Å². The van der Waals surface area contributed by atoms with E-state index in [2.05, 4.69) is 13.0 Å². The fourth-order valence-corrected chi connectivity index (χ4v) is 3.81. The van der Waals surface area contributed by atoms with E-state index in [1.54, 1.807) is 0 Å². The number of nitrogens with zero attached hydrogens (tertiary/aromatic N) is 1. The van der Waals surface area contributed by atoms with E-state index in [1.807, 2.05) is 26.0 Å². The Morgan fingerprint density at radius 3 is 2.32 bits per heavy atom. The molecule has 1 amide bonds. The molecule has 3 nitrogen and oxygen atoms in total. The predicted octanol–water partition coefficient (Wildman–Crippen LogP) is 4.37. The second kappa shape index (κ2) is 7.77. The Labute approximate surface area is 134 Å². The van der Waals surface area contributed by atoms with Crippen molar-refractivity contribution in [2.24, 2.45) is 11.8 Å². The molecule has 1 saturated carbocycles. The van der Waals surface area contributed by atoms with Gasteiger partial charge in [0.2, 0.25) is 0 Å². The Morgan fingerprint density at radius 2 is 1.77 bits per heavy atom. The van der Waals surface area contributed by atoms with Crippen LogP contribution in [-0.4, -0.2) is 17.0 Å². The first-order valence-electron chi connectivity index (χ1n) is 8.69. The van der Waals surface area contributed by atoms with Gasteiger partial charge in [-0.05, 0) is 51.2 Å². The summed E-state index contributed by atoms with van der Waals surface area (Å²) in [5.41, 5.74) is 2.94. The van der Waals surface area contributed by atoms with E-state index in [0.29, 0.717) is 5.92 Å². The maximum Gasteiger partial charge on any atom is 0.268 e. The minimum absolute atomic E-state index is 0.0316. The first-order valence-corrected chi connectivity index (χ1v) is 8.69. The lowest BCUT2D eigenvalue weighted by atomic mass is 9.82. The van der Waals surface area contributed by atoms with E-state index in [1.165, 1.54) is 37.1 Å². The summed E-state index contributed by atoms with van der Waals surface area (Å²) in [7, 11) is 0. The summed E-state index contributed by atoms with van der Waals surface area (Å²) in [6.45, 7) is 6.22. The zero-order chi connectivity index (χ0) is 16.1. The zero-order valence-electron chi connectivity index (χ0n) is 14.3. The monoisotopic (exact) mass is 302 g/mol. The molecule has 0 spiro atoms. The van der Waals surface area contributed by atoms with Crippen molar-refractivity contribution >= 4 is 5.91 Å². The van der Waals surface area contributed by atoms with Gasteiger partial charge < -0.3 is 0 Å². The lowest BCUT2D eigenvalue weighted by molar-refractivity contribution is 0.0548. The average Bonchev–Trinajstić information content (AvgIpc) is 2.51. The highest BCUT2D eigenvalue weighted by Crippen LogP contribution is 2.31. The maximum atomic E-state index is 12.8. The minimum atomic E-state index is -0.0316. The number of carbonyl (C=O) groups excluding carboxylic acids is 1. The zero-order valence-corrected chi connectivity index (χ0v) is 14.3. The summed E-state index contributed by atoms with van der Waals surface area (Å²) < 4.78 is 0. The van der Waals surface area contributed by atoms with Gasteiger partial charge in [0.15, 0.2) is 0 Å². The summed E-state index contributed by atoms with van der Waals surface area (Å²) >= 11 is 0. The number of carbonyl (C=O) groups is 1. The van der Waals surface area contributed by atoms with Crippen LogP contribution in [0.4, 0.5) is 0 Å². The molecule has 0 aliphatic heterocycles. The molecule has 2 N–H and O–H groups in total. The van der Waals surface area contributed by atoms with Gasteiger partial charge >= 0.3 is 0 Å². The van der Waals surface area contributed by atoms with Gasteiger partial charge in [-0.25, -0.2) is 5.84 Å². The molecule has 22 heavy (non-hydrogen) atoms. The normalized spacial score (nSPS) is 17.3. The van der Waals surface area contributed by atoms with Gasteiger partial charge in [0.05, 0.1) is 6.04 Å². The molecule has 1 unspecified atom stereocenters. The van der Waals surface area contributed by atoms with Crippen molar-refractivity contribution in [1.29, 1.82) is 0 Å². The second-order valence-corrected chi connectivity index (χ2v) is 6.84. The minimum Gasteiger partial charge on any atom is -0.273 e. The first-order chi connectivity index (χ1) is 10.5. The summed E-state index contributed by atoms with van der Waals surface area (Å²) in [6, 6.07) is 6.15. The molecule has 2 rings (SSSR count). The summed E-state index contributed by atoms with van der Waals surface area (Å²) in [4.78, 5) is 12.8. The standard InChI is InChI=1S/C19H30N2O/c1-4-8-18(16-9-6-5-7-10-16)21(20)19(22)17-12-14(2)11-15(3)13-17/h11-13,16,18H,4-10,20H2,1-3H3. The van der Waals surface area contributed by atoms with Crippen molar-refractivity contribution in [3.05, 3.63) is 34.9 Å². The predicted molar refractivity (Wildman–Crippen MR) is 91.5 cm³/mol. The van der Waals surface area contributed by atoms with Crippen LogP contribution in [0.25, 0.3) is 0 Å². The van der Waals surface area contributed by atoms with E-state index in [4.69, 9.17) is 5.84 Å². The lowest BCUT2D eigenvalue weighted by Crippen LogP contribution is -2.49. The molecule has 3 heteroatoms. The van der Waals surface area contributed by atoms with Crippen LogP contribution in [0.15, 0.2) is 18.2 Å². The quantitative estimate of drug-likeness (QED) is 0.499. The number of hydrogen-bond acceptors (Lipinski definition) is 2. The molecule has 0 aromatic heterocycles.